The van der Waals surface area contributed by atoms with Crippen molar-refractivity contribution in [1.29, 1.82) is 0 Å². The van der Waals surface area contributed by atoms with E-state index in [1.54, 1.807) is 6.08 Å². The molecule has 4 nitrogen and oxygen atoms in total. The van der Waals surface area contributed by atoms with E-state index in [1.807, 2.05) is 0 Å². The summed E-state index contributed by atoms with van der Waals surface area (Å²) in [6.45, 7) is 5.09. The maximum atomic E-state index is 14.0. The molecule has 0 amide bonds. The topological polar surface area (TPSA) is 52.1 Å². The maximum absolute atomic E-state index is 14.0. The molecule has 6 heteroatoms. The van der Waals surface area contributed by atoms with Gasteiger partial charge in [0.05, 0.1) is 12.3 Å². The van der Waals surface area contributed by atoms with Crippen molar-refractivity contribution in [3.05, 3.63) is 41.5 Å². The van der Waals surface area contributed by atoms with Crippen LogP contribution in [0.3, 0.4) is 0 Å². The zero-order chi connectivity index (χ0) is 14.0. The molecule has 1 heterocycles. The first-order valence-electron chi connectivity index (χ1n) is 5.72. The number of hydrogen-bond acceptors (Lipinski definition) is 4. The number of esters is 1. The summed E-state index contributed by atoms with van der Waals surface area (Å²) in [4.78, 5) is 18.8. The smallest absolute Gasteiger partial charge is 0.385 e. The molecule has 0 fully saturated rings. The second-order valence-corrected chi connectivity index (χ2v) is 4.05. The fraction of sp³-hybridized carbons (Fsp3) is 0.308. The highest BCUT2D eigenvalue weighted by atomic mass is 19.3. The normalized spacial score (nSPS) is 14.2. The van der Waals surface area contributed by atoms with Crippen molar-refractivity contribution in [3.63, 3.8) is 0 Å². The van der Waals surface area contributed by atoms with Crippen molar-refractivity contribution < 1.29 is 18.3 Å². The lowest BCUT2D eigenvalue weighted by Crippen LogP contribution is -2.31. The van der Waals surface area contributed by atoms with Gasteiger partial charge in [-0.1, -0.05) is 18.7 Å². The van der Waals surface area contributed by atoms with Crippen LogP contribution >= 0.6 is 0 Å². The SMILES string of the molecule is C=C1C=Cc2c(ncnc2C(F)(F)C(=O)OCC)C1. The van der Waals surface area contributed by atoms with Crippen LogP contribution in [0, 0.1) is 0 Å². The summed E-state index contributed by atoms with van der Waals surface area (Å²) < 4.78 is 32.4. The van der Waals surface area contributed by atoms with E-state index in [0.29, 0.717) is 12.1 Å². The number of carbonyl (C=O) groups excluding carboxylic acids is 1. The molecule has 0 radical (unpaired) electrons. The van der Waals surface area contributed by atoms with Crippen molar-refractivity contribution in [2.24, 2.45) is 0 Å². The van der Waals surface area contributed by atoms with Crippen LogP contribution in [0.4, 0.5) is 8.78 Å². The Labute approximate surface area is 108 Å². The Kier molecular flexibility index (Phi) is 3.42. The lowest BCUT2D eigenvalue weighted by atomic mass is 9.96. The van der Waals surface area contributed by atoms with Crippen molar-refractivity contribution in [1.82, 2.24) is 9.97 Å². The highest BCUT2D eigenvalue weighted by Gasteiger charge is 2.46. The minimum Gasteiger partial charge on any atom is -0.461 e. The van der Waals surface area contributed by atoms with Crippen molar-refractivity contribution in [2.45, 2.75) is 19.3 Å². The summed E-state index contributed by atoms with van der Waals surface area (Å²) in [5.41, 5.74) is 0.728. The number of fused-ring (bicyclic) bond motifs is 1. The van der Waals surface area contributed by atoms with Gasteiger partial charge in [0.15, 0.2) is 0 Å². The highest BCUT2D eigenvalue weighted by Crippen LogP contribution is 2.34. The highest BCUT2D eigenvalue weighted by molar-refractivity contribution is 5.81. The zero-order valence-electron chi connectivity index (χ0n) is 10.3. The summed E-state index contributed by atoms with van der Waals surface area (Å²) in [5.74, 6) is -5.39. The van der Waals surface area contributed by atoms with Gasteiger partial charge in [0, 0.05) is 12.0 Å². The van der Waals surface area contributed by atoms with Crippen molar-refractivity contribution in [3.8, 4) is 0 Å². The summed E-state index contributed by atoms with van der Waals surface area (Å²) in [5, 5.41) is 0. The summed E-state index contributed by atoms with van der Waals surface area (Å²) in [6, 6.07) is 0. The van der Waals surface area contributed by atoms with E-state index in [2.05, 4.69) is 21.3 Å². The number of rotatable bonds is 3. The number of alkyl halides is 2. The van der Waals surface area contributed by atoms with E-state index in [9.17, 15) is 13.6 Å². The van der Waals surface area contributed by atoms with Crippen molar-refractivity contribution >= 4 is 12.0 Å². The second kappa shape index (κ2) is 4.87. The number of allylic oxidation sites excluding steroid dienone is 2. The Bertz CT molecular complexity index is 568. The number of aromatic nitrogens is 2. The third-order valence-electron chi connectivity index (χ3n) is 2.68. The molecular weight excluding hydrogens is 254 g/mol. The van der Waals surface area contributed by atoms with Gasteiger partial charge < -0.3 is 4.74 Å². The molecular formula is C13H12F2N2O2. The monoisotopic (exact) mass is 266 g/mol. The van der Waals surface area contributed by atoms with Crippen LogP contribution in [-0.4, -0.2) is 22.5 Å². The van der Waals surface area contributed by atoms with Crippen molar-refractivity contribution in [2.75, 3.05) is 6.61 Å². The Morgan fingerprint density at radius 3 is 2.89 bits per heavy atom. The zero-order valence-corrected chi connectivity index (χ0v) is 10.3. The van der Waals surface area contributed by atoms with E-state index in [0.717, 1.165) is 11.9 Å². The van der Waals surface area contributed by atoms with E-state index in [-0.39, 0.29) is 12.2 Å². The third kappa shape index (κ3) is 2.38. The molecule has 1 aliphatic rings. The van der Waals surface area contributed by atoms with E-state index < -0.39 is 17.6 Å². The van der Waals surface area contributed by atoms with Gasteiger partial charge in [0.2, 0.25) is 0 Å². The van der Waals surface area contributed by atoms with Crippen LogP contribution in [0.25, 0.3) is 6.08 Å². The fourth-order valence-electron chi connectivity index (χ4n) is 1.79. The molecule has 19 heavy (non-hydrogen) atoms. The van der Waals surface area contributed by atoms with Gasteiger partial charge >= 0.3 is 11.9 Å². The van der Waals surface area contributed by atoms with Gasteiger partial charge in [-0.3, -0.25) is 0 Å². The molecule has 0 unspecified atom stereocenters. The molecule has 1 aliphatic carbocycles. The first-order valence-corrected chi connectivity index (χ1v) is 5.72. The molecule has 1 aromatic rings. The summed E-state index contributed by atoms with van der Waals surface area (Å²) in [7, 11) is 0. The lowest BCUT2D eigenvalue weighted by molar-refractivity contribution is -0.173. The molecule has 100 valence electrons. The van der Waals surface area contributed by atoms with Crippen LogP contribution in [-0.2, 0) is 21.9 Å². The Hall–Kier alpha value is -2.11. The molecule has 0 bridgehead atoms. The van der Waals surface area contributed by atoms with Crippen LogP contribution in [0.15, 0.2) is 24.6 Å². The van der Waals surface area contributed by atoms with E-state index in [1.165, 1.54) is 13.0 Å². The number of hydrogen-bond donors (Lipinski definition) is 0. The Morgan fingerprint density at radius 2 is 2.21 bits per heavy atom. The lowest BCUT2D eigenvalue weighted by Gasteiger charge is -2.19. The molecule has 1 aromatic heterocycles. The molecule has 0 aromatic carbocycles. The van der Waals surface area contributed by atoms with Crippen LogP contribution < -0.4 is 0 Å². The maximum Gasteiger partial charge on any atom is 0.385 e. The van der Waals surface area contributed by atoms with Crippen LogP contribution in [0.2, 0.25) is 0 Å². The number of nitrogens with zero attached hydrogens (tertiary/aromatic N) is 2. The molecule has 0 saturated carbocycles. The predicted molar refractivity (Wildman–Crippen MR) is 64.4 cm³/mol. The van der Waals surface area contributed by atoms with Gasteiger partial charge in [-0.25, -0.2) is 14.8 Å². The first-order chi connectivity index (χ1) is 8.96. The minimum atomic E-state index is -3.79. The molecule has 0 saturated heterocycles. The van der Waals surface area contributed by atoms with Gasteiger partial charge in [-0.15, -0.1) is 0 Å². The number of ether oxygens (including phenoxy) is 1. The Morgan fingerprint density at radius 1 is 1.47 bits per heavy atom. The second-order valence-electron chi connectivity index (χ2n) is 4.05. The van der Waals surface area contributed by atoms with Gasteiger partial charge in [-0.05, 0) is 12.5 Å². The molecule has 0 spiro atoms. The first kappa shape index (κ1) is 13.3. The van der Waals surface area contributed by atoms with Crippen LogP contribution in [0.5, 0.6) is 0 Å². The molecule has 0 N–H and O–H groups in total. The quantitative estimate of drug-likeness (QED) is 0.787. The van der Waals surface area contributed by atoms with Gasteiger partial charge in [0.25, 0.3) is 0 Å². The summed E-state index contributed by atoms with van der Waals surface area (Å²) in [6.07, 6.45) is 4.44. The van der Waals surface area contributed by atoms with E-state index >= 15 is 0 Å². The fourth-order valence-corrected chi connectivity index (χ4v) is 1.79. The predicted octanol–water partition coefficient (Wildman–Crippen LogP) is 2.26. The molecule has 0 atom stereocenters. The minimum absolute atomic E-state index is 0.117. The summed E-state index contributed by atoms with van der Waals surface area (Å²) >= 11 is 0. The molecule has 2 rings (SSSR count). The molecule has 0 aliphatic heterocycles. The van der Waals surface area contributed by atoms with Crippen LogP contribution in [0.1, 0.15) is 23.9 Å². The number of halogens is 2. The average molecular weight is 266 g/mol. The third-order valence-corrected chi connectivity index (χ3v) is 2.68. The number of carbonyl (C=O) groups is 1. The van der Waals surface area contributed by atoms with Gasteiger partial charge in [-0.2, -0.15) is 8.78 Å². The standard InChI is InChI=1S/C13H12F2N2O2/c1-3-19-12(18)13(14,15)11-9-5-4-8(2)6-10(9)16-7-17-11/h4-5,7H,2-3,6H2,1H3. The average Bonchev–Trinajstić information content (AvgIpc) is 2.37. The largest absolute Gasteiger partial charge is 0.461 e. The Balaban J connectivity index is 2.48. The van der Waals surface area contributed by atoms with E-state index in [4.69, 9.17) is 0 Å². The van der Waals surface area contributed by atoms with Gasteiger partial charge in [0.1, 0.15) is 12.0 Å².